The van der Waals surface area contributed by atoms with Crippen LogP contribution in [-0.4, -0.2) is 20.6 Å². The Bertz CT molecular complexity index is 1250. The van der Waals surface area contributed by atoms with Crippen LogP contribution in [0.4, 0.5) is 5.69 Å². The van der Waals surface area contributed by atoms with Crippen molar-refractivity contribution < 1.29 is 9.90 Å². The van der Waals surface area contributed by atoms with Crippen molar-refractivity contribution in [2.24, 2.45) is 10.2 Å². The minimum absolute atomic E-state index is 0.0757. The molecule has 2 heterocycles. The second kappa shape index (κ2) is 7.20. The Morgan fingerprint density at radius 3 is 2.69 bits per heavy atom. The third-order valence-electron chi connectivity index (χ3n) is 5.75. The Hall–Kier alpha value is -3.41. The first-order chi connectivity index (χ1) is 14.2. The lowest BCUT2D eigenvalue weighted by molar-refractivity contribution is -0.118. The average Bonchev–Trinajstić information content (AvgIpc) is 3.25. The summed E-state index contributed by atoms with van der Waals surface area (Å²) in [7, 11) is 0. The predicted molar refractivity (Wildman–Crippen MR) is 113 cm³/mol. The Kier molecular flexibility index (Phi) is 4.39. The highest BCUT2D eigenvalue weighted by molar-refractivity contribution is 5.94. The van der Waals surface area contributed by atoms with Gasteiger partial charge in [-0.1, -0.05) is 36.4 Å². The van der Waals surface area contributed by atoms with Gasteiger partial charge in [-0.05, 0) is 43.4 Å². The third kappa shape index (κ3) is 3.10. The largest absolute Gasteiger partial charge is 0.493 e. The molecule has 0 saturated heterocycles. The van der Waals surface area contributed by atoms with Crippen LogP contribution >= 0.6 is 0 Å². The summed E-state index contributed by atoms with van der Waals surface area (Å²) >= 11 is 0. The second-order valence-corrected chi connectivity index (χ2v) is 7.51. The molecule has 0 saturated carbocycles. The van der Waals surface area contributed by atoms with Gasteiger partial charge in [-0.2, -0.15) is 0 Å². The SMILES string of the molecule is O=C(CCn1c2c(c3ccccc31)CCCC2)N=Nc1c(O)[nH]c2ccccc12. The molecular weight excluding hydrogens is 364 g/mol. The maximum atomic E-state index is 12.4. The minimum Gasteiger partial charge on any atom is -0.493 e. The number of aryl methyl sites for hydroxylation is 2. The first-order valence-corrected chi connectivity index (χ1v) is 10.1. The molecule has 0 aliphatic heterocycles. The van der Waals surface area contributed by atoms with Crippen LogP contribution in [0, 0.1) is 0 Å². The Balaban J connectivity index is 1.37. The zero-order chi connectivity index (χ0) is 19.8. The zero-order valence-corrected chi connectivity index (χ0v) is 16.1. The van der Waals surface area contributed by atoms with Gasteiger partial charge in [-0.15, -0.1) is 10.2 Å². The number of hydrogen-bond donors (Lipinski definition) is 2. The van der Waals surface area contributed by atoms with Gasteiger partial charge in [0.25, 0.3) is 5.91 Å². The van der Waals surface area contributed by atoms with Crippen LogP contribution in [0.5, 0.6) is 5.88 Å². The molecule has 0 atom stereocenters. The first kappa shape index (κ1) is 17.7. The van der Waals surface area contributed by atoms with Gasteiger partial charge >= 0.3 is 0 Å². The van der Waals surface area contributed by atoms with E-state index in [-0.39, 0.29) is 18.2 Å². The van der Waals surface area contributed by atoms with Gasteiger partial charge in [-0.3, -0.25) is 4.79 Å². The predicted octanol–water partition coefficient (Wildman–Crippen LogP) is 5.41. The van der Waals surface area contributed by atoms with Crippen LogP contribution in [0.1, 0.15) is 30.5 Å². The highest BCUT2D eigenvalue weighted by Crippen LogP contribution is 2.35. The summed E-state index contributed by atoms with van der Waals surface area (Å²) in [5.74, 6) is -0.370. The molecule has 2 aromatic carbocycles. The summed E-state index contributed by atoms with van der Waals surface area (Å²) in [6, 6.07) is 15.8. The van der Waals surface area contributed by atoms with Crippen molar-refractivity contribution in [1.82, 2.24) is 9.55 Å². The van der Waals surface area contributed by atoms with Gasteiger partial charge in [0.2, 0.25) is 5.88 Å². The molecule has 29 heavy (non-hydrogen) atoms. The van der Waals surface area contributed by atoms with Crippen LogP contribution < -0.4 is 0 Å². The Labute approximate surface area is 167 Å². The topological polar surface area (TPSA) is 82.7 Å². The van der Waals surface area contributed by atoms with Crippen LogP contribution in [0.25, 0.3) is 21.8 Å². The van der Waals surface area contributed by atoms with Gasteiger partial charge in [0.15, 0.2) is 5.69 Å². The molecular formula is C23H22N4O2. The highest BCUT2D eigenvalue weighted by Gasteiger charge is 2.20. The van der Waals surface area contributed by atoms with E-state index in [1.165, 1.54) is 35.0 Å². The Morgan fingerprint density at radius 2 is 1.79 bits per heavy atom. The Morgan fingerprint density at radius 1 is 1.03 bits per heavy atom. The van der Waals surface area contributed by atoms with Gasteiger partial charge < -0.3 is 14.7 Å². The number of nitrogens with one attached hydrogen (secondary N) is 1. The van der Waals surface area contributed by atoms with Gasteiger partial charge in [-0.25, -0.2) is 0 Å². The van der Waals surface area contributed by atoms with Gasteiger partial charge in [0.1, 0.15) is 0 Å². The molecule has 1 amide bonds. The normalized spacial score (nSPS) is 14.1. The molecule has 2 aromatic heterocycles. The molecule has 5 rings (SSSR count). The van der Waals surface area contributed by atoms with E-state index in [2.05, 4.69) is 38.0 Å². The third-order valence-corrected chi connectivity index (χ3v) is 5.75. The molecule has 1 aliphatic rings. The van der Waals surface area contributed by atoms with E-state index in [1.54, 1.807) is 0 Å². The summed E-state index contributed by atoms with van der Waals surface area (Å²) < 4.78 is 2.28. The zero-order valence-electron chi connectivity index (χ0n) is 16.1. The molecule has 0 fully saturated rings. The minimum atomic E-state index is -0.294. The van der Waals surface area contributed by atoms with Crippen molar-refractivity contribution in [3.8, 4) is 5.88 Å². The maximum absolute atomic E-state index is 12.4. The number of benzene rings is 2. The van der Waals surface area contributed by atoms with E-state index in [0.717, 1.165) is 23.7 Å². The van der Waals surface area contributed by atoms with Crippen LogP contribution in [0.3, 0.4) is 0 Å². The standard InChI is InChI=1S/C23H22N4O2/c28-21(25-26-22-17-9-1-4-10-18(17)24-23(22)29)13-14-27-19-11-5-2-7-15(19)16-8-3-6-12-20(16)27/h1-2,4-5,7,9-11,24,29H,3,6,8,12-14H2. The number of aromatic hydroxyl groups is 1. The lowest BCUT2D eigenvalue weighted by Gasteiger charge is -2.15. The fraction of sp³-hybridized carbons (Fsp3) is 0.261. The number of aromatic nitrogens is 2. The van der Waals surface area contributed by atoms with Crippen molar-refractivity contribution in [3.63, 3.8) is 0 Å². The number of azo groups is 1. The highest BCUT2D eigenvalue weighted by atomic mass is 16.3. The number of rotatable bonds is 4. The summed E-state index contributed by atoms with van der Waals surface area (Å²) in [5, 5.41) is 20.0. The molecule has 0 bridgehead atoms. The summed E-state index contributed by atoms with van der Waals surface area (Å²) in [6.45, 7) is 0.591. The van der Waals surface area contributed by atoms with Crippen LogP contribution in [-0.2, 0) is 24.2 Å². The van der Waals surface area contributed by atoms with E-state index in [4.69, 9.17) is 0 Å². The fourth-order valence-corrected chi connectivity index (χ4v) is 4.42. The van der Waals surface area contributed by atoms with E-state index < -0.39 is 0 Å². The lowest BCUT2D eigenvalue weighted by atomic mass is 9.95. The first-order valence-electron chi connectivity index (χ1n) is 10.1. The number of H-pyrrole nitrogens is 1. The molecule has 1 aliphatic carbocycles. The van der Waals surface area contributed by atoms with Crippen molar-refractivity contribution in [2.45, 2.75) is 38.6 Å². The number of fused-ring (bicyclic) bond motifs is 4. The number of carbonyl (C=O) groups is 1. The molecule has 4 aromatic rings. The van der Waals surface area contributed by atoms with Gasteiger partial charge in [0.05, 0.1) is 5.52 Å². The molecule has 2 N–H and O–H groups in total. The summed E-state index contributed by atoms with van der Waals surface area (Å²) in [5.41, 5.74) is 5.05. The summed E-state index contributed by atoms with van der Waals surface area (Å²) in [6.07, 6.45) is 4.86. The van der Waals surface area contributed by atoms with E-state index in [1.807, 2.05) is 30.3 Å². The van der Waals surface area contributed by atoms with E-state index >= 15 is 0 Å². The number of carbonyl (C=O) groups excluding carboxylic acids is 1. The number of para-hydroxylation sites is 2. The van der Waals surface area contributed by atoms with Crippen molar-refractivity contribution >= 4 is 33.4 Å². The van der Waals surface area contributed by atoms with Crippen molar-refractivity contribution in [1.29, 1.82) is 0 Å². The molecule has 6 heteroatoms. The number of hydrogen-bond acceptors (Lipinski definition) is 3. The number of aromatic amines is 1. The molecule has 0 radical (unpaired) electrons. The molecule has 0 spiro atoms. The van der Waals surface area contributed by atoms with E-state index in [9.17, 15) is 9.90 Å². The fourth-order valence-electron chi connectivity index (χ4n) is 4.42. The maximum Gasteiger partial charge on any atom is 0.266 e. The molecule has 0 unspecified atom stereocenters. The summed E-state index contributed by atoms with van der Waals surface area (Å²) in [4.78, 5) is 15.3. The monoisotopic (exact) mass is 386 g/mol. The lowest BCUT2D eigenvalue weighted by Crippen LogP contribution is -2.10. The quantitative estimate of drug-likeness (QED) is 0.460. The van der Waals surface area contributed by atoms with Crippen molar-refractivity contribution in [3.05, 3.63) is 59.8 Å². The molecule has 146 valence electrons. The second-order valence-electron chi connectivity index (χ2n) is 7.51. The van der Waals surface area contributed by atoms with Crippen LogP contribution in [0.2, 0.25) is 0 Å². The van der Waals surface area contributed by atoms with E-state index in [0.29, 0.717) is 12.2 Å². The number of amides is 1. The number of nitrogens with zero attached hydrogens (tertiary/aromatic N) is 3. The van der Waals surface area contributed by atoms with Crippen LogP contribution in [0.15, 0.2) is 58.8 Å². The smallest absolute Gasteiger partial charge is 0.266 e. The average molecular weight is 386 g/mol. The van der Waals surface area contributed by atoms with Gasteiger partial charge in [0, 0.05) is 34.9 Å². The molecule has 6 nitrogen and oxygen atoms in total. The van der Waals surface area contributed by atoms with Crippen molar-refractivity contribution in [2.75, 3.05) is 0 Å².